The number of carbonyl (C=O) groups is 2. The lowest BCUT2D eigenvalue weighted by atomic mass is 10.1. The Morgan fingerprint density at radius 3 is 1.08 bits per heavy atom. The van der Waals surface area contributed by atoms with Crippen LogP contribution in [0.15, 0.2) is 146 Å². The normalized spacial score (nSPS) is 14.4. The predicted molar refractivity (Wildman–Crippen MR) is 314 cm³/mol. The van der Waals surface area contributed by atoms with E-state index in [1.165, 1.54) is 0 Å². The summed E-state index contributed by atoms with van der Waals surface area (Å²) in [5.74, 6) is -0.880. The average Bonchev–Trinajstić information content (AvgIpc) is 3.36. The third-order valence-corrected chi connectivity index (χ3v) is 12.3. The summed E-state index contributed by atoms with van der Waals surface area (Å²) < 4.78 is 34.1. The smallest absolute Gasteiger partial charge is 0.306 e. The molecule has 9 nitrogen and oxygen atoms in total. The minimum atomic E-state index is -4.65. The van der Waals surface area contributed by atoms with Crippen molar-refractivity contribution in [3.63, 3.8) is 0 Å². The second-order valence-corrected chi connectivity index (χ2v) is 20.9. The first-order valence-corrected chi connectivity index (χ1v) is 30.0. The highest BCUT2D eigenvalue weighted by molar-refractivity contribution is 7.45. The number of likely N-dealkylation sites (N-methyl/N-ethyl adjacent to an activating group) is 1. The molecular formula is C64H104NO8P. The van der Waals surface area contributed by atoms with Gasteiger partial charge in [-0.05, 0) is 116 Å². The van der Waals surface area contributed by atoms with Gasteiger partial charge in [0.2, 0.25) is 0 Å². The van der Waals surface area contributed by atoms with E-state index in [1.54, 1.807) is 0 Å². The Labute approximate surface area is 453 Å². The third-order valence-electron chi connectivity index (χ3n) is 11.4. The molecule has 10 heteroatoms. The molecule has 0 spiro atoms. The standard InChI is InChI=1S/C64H104NO8P/c1-6-8-10-12-14-16-18-20-22-24-26-27-28-29-30-31-32-33-34-35-36-37-39-41-43-45-47-49-51-53-55-57-64(67)73-62(61-72-74(68,69)71-59-58-65(3,4)5)60-70-63(66)56-54-52-50-48-46-44-42-40-38-25-23-21-19-17-15-13-11-9-7-2/h8-11,14-17,20-23,26-27,29-30,32-33,35-36,38-41,62H,6-7,12-13,18-19,24-25,28,31,34,37,42-61H2,1-5H3/b10-8-,11-9-,16-14-,17-15-,22-20-,23-21-,27-26-,30-29-,33-32-,36-35-,40-38-,41-39-. The summed E-state index contributed by atoms with van der Waals surface area (Å²) >= 11 is 0. The van der Waals surface area contributed by atoms with Crippen LogP contribution in [0.5, 0.6) is 0 Å². The zero-order valence-electron chi connectivity index (χ0n) is 47.2. The van der Waals surface area contributed by atoms with Gasteiger partial charge in [0.25, 0.3) is 7.82 Å². The fraction of sp³-hybridized carbons (Fsp3) is 0.594. The molecule has 0 heterocycles. The molecule has 2 atom stereocenters. The molecule has 0 rings (SSSR count). The van der Waals surface area contributed by atoms with Crippen molar-refractivity contribution >= 4 is 19.8 Å². The largest absolute Gasteiger partial charge is 0.756 e. The van der Waals surface area contributed by atoms with Gasteiger partial charge >= 0.3 is 11.9 Å². The number of phosphoric ester groups is 1. The zero-order valence-corrected chi connectivity index (χ0v) is 48.1. The molecule has 2 unspecified atom stereocenters. The van der Waals surface area contributed by atoms with Gasteiger partial charge in [0.15, 0.2) is 6.10 Å². The lowest BCUT2D eigenvalue weighted by Gasteiger charge is -2.28. The summed E-state index contributed by atoms with van der Waals surface area (Å²) in [6.07, 6.45) is 78.8. The van der Waals surface area contributed by atoms with Gasteiger partial charge in [-0.2, -0.15) is 0 Å². The van der Waals surface area contributed by atoms with Crippen molar-refractivity contribution in [2.45, 2.75) is 200 Å². The second kappa shape index (κ2) is 53.7. The van der Waals surface area contributed by atoms with E-state index in [4.69, 9.17) is 18.5 Å². The van der Waals surface area contributed by atoms with Crippen LogP contribution in [0.1, 0.15) is 194 Å². The number of quaternary nitrogens is 1. The Kier molecular flexibility index (Phi) is 50.7. The lowest BCUT2D eigenvalue weighted by Crippen LogP contribution is -2.37. The molecule has 74 heavy (non-hydrogen) atoms. The molecule has 0 bridgehead atoms. The Morgan fingerprint density at radius 2 is 0.730 bits per heavy atom. The van der Waals surface area contributed by atoms with Gasteiger partial charge in [0.1, 0.15) is 19.8 Å². The van der Waals surface area contributed by atoms with Gasteiger partial charge in [-0.3, -0.25) is 14.2 Å². The van der Waals surface area contributed by atoms with Gasteiger partial charge < -0.3 is 27.9 Å². The van der Waals surface area contributed by atoms with Crippen molar-refractivity contribution in [1.29, 1.82) is 0 Å². The highest BCUT2D eigenvalue weighted by atomic mass is 31.2. The summed E-state index contributed by atoms with van der Waals surface area (Å²) in [6, 6.07) is 0. The molecule has 0 fully saturated rings. The molecule has 0 aliphatic heterocycles. The number of allylic oxidation sites excluding steroid dienone is 24. The van der Waals surface area contributed by atoms with E-state index >= 15 is 0 Å². The zero-order chi connectivity index (χ0) is 54.2. The summed E-state index contributed by atoms with van der Waals surface area (Å²) in [5.41, 5.74) is 0. The minimum Gasteiger partial charge on any atom is -0.756 e. The second-order valence-electron chi connectivity index (χ2n) is 19.5. The van der Waals surface area contributed by atoms with Crippen LogP contribution < -0.4 is 4.89 Å². The molecular weight excluding hydrogens is 942 g/mol. The van der Waals surface area contributed by atoms with Crippen LogP contribution in [0.4, 0.5) is 0 Å². The Bertz CT molecular complexity index is 1760. The Morgan fingerprint density at radius 1 is 0.419 bits per heavy atom. The summed E-state index contributed by atoms with van der Waals surface area (Å²) in [4.78, 5) is 37.9. The maximum atomic E-state index is 12.8. The maximum Gasteiger partial charge on any atom is 0.306 e. The van der Waals surface area contributed by atoms with Crippen molar-refractivity contribution in [3.8, 4) is 0 Å². The van der Waals surface area contributed by atoms with Gasteiger partial charge in [0, 0.05) is 12.8 Å². The van der Waals surface area contributed by atoms with Crippen molar-refractivity contribution in [2.75, 3.05) is 47.5 Å². The number of carbonyl (C=O) groups excluding carboxylic acids is 2. The number of nitrogens with zero attached hydrogens (tertiary/aromatic N) is 1. The molecule has 0 saturated heterocycles. The number of rotatable bonds is 50. The van der Waals surface area contributed by atoms with Crippen LogP contribution in [0.2, 0.25) is 0 Å². The molecule has 418 valence electrons. The Hall–Kier alpha value is -4.11. The fourth-order valence-electron chi connectivity index (χ4n) is 7.01. The molecule has 0 aromatic heterocycles. The number of hydrogen-bond acceptors (Lipinski definition) is 8. The first-order chi connectivity index (χ1) is 36.0. The van der Waals surface area contributed by atoms with Crippen LogP contribution in [0.25, 0.3) is 0 Å². The molecule has 0 aromatic carbocycles. The van der Waals surface area contributed by atoms with Gasteiger partial charge in [0.05, 0.1) is 27.7 Å². The summed E-state index contributed by atoms with van der Waals surface area (Å²) in [6.45, 7) is 3.95. The van der Waals surface area contributed by atoms with E-state index in [0.717, 1.165) is 154 Å². The molecule has 0 amide bonds. The molecule has 0 saturated carbocycles. The fourth-order valence-corrected chi connectivity index (χ4v) is 7.74. The summed E-state index contributed by atoms with van der Waals surface area (Å²) in [7, 11) is 1.12. The van der Waals surface area contributed by atoms with Crippen molar-refractivity contribution in [2.24, 2.45) is 0 Å². The topological polar surface area (TPSA) is 111 Å². The van der Waals surface area contributed by atoms with E-state index in [2.05, 4.69) is 160 Å². The first kappa shape index (κ1) is 69.9. The van der Waals surface area contributed by atoms with Crippen LogP contribution in [-0.4, -0.2) is 70.0 Å². The SMILES string of the molecule is CC/C=C\C/C=C\C/C=C\C/C=C\C/C=C\C/C=C\C/C=C\C/C=C\CCCCCCCCC(=O)OC(COC(=O)CCCCCCCC/C=C\C/C=C\C/C=C\C/C=C\CC)COP(=O)([O-])OCC[N+](C)(C)C. The summed E-state index contributed by atoms with van der Waals surface area (Å²) in [5, 5.41) is 0. The van der Waals surface area contributed by atoms with Crippen LogP contribution >= 0.6 is 7.82 Å². The van der Waals surface area contributed by atoms with E-state index in [9.17, 15) is 19.0 Å². The van der Waals surface area contributed by atoms with E-state index in [-0.39, 0.29) is 26.1 Å². The van der Waals surface area contributed by atoms with Crippen molar-refractivity contribution < 1.29 is 42.1 Å². The highest BCUT2D eigenvalue weighted by Gasteiger charge is 2.21. The lowest BCUT2D eigenvalue weighted by molar-refractivity contribution is -0.870. The number of unbranched alkanes of at least 4 members (excludes halogenated alkanes) is 12. The Balaban J connectivity index is 4.28. The van der Waals surface area contributed by atoms with E-state index in [0.29, 0.717) is 23.9 Å². The van der Waals surface area contributed by atoms with Gasteiger partial charge in [-0.25, -0.2) is 0 Å². The quantitative estimate of drug-likeness (QED) is 0.0195. The van der Waals surface area contributed by atoms with Gasteiger partial charge in [-0.1, -0.05) is 211 Å². The third kappa shape index (κ3) is 57.2. The molecule has 0 aliphatic rings. The molecule has 0 radical (unpaired) electrons. The number of ether oxygens (including phenoxy) is 2. The monoisotopic (exact) mass is 1050 g/mol. The van der Waals surface area contributed by atoms with Crippen LogP contribution in [-0.2, 0) is 32.7 Å². The first-order valence-electron chi connectivity index (χ1n) is 28.5. The molecule has 0 aliphatic carbocycles. The minimum absolute atomic E-state index is 0.0455. The molecule has 0 N–H and O–H groups in total. The van der Waals surface area contributed by atoms with E-state index < -0.39 is 32.5 Å². The van der Waals surface area contributed by atoms with Crippen LogP contribution in [0.3, 0.4) is 0 Å². The number of esters is 2. The predicted octanol–water partition coefficient (Wildman–Crippen LogP) is 17.3. The number of hydrogen-bond donors (Lipinski definition) is 0. The van der Waals surface area contributed by atoms with Crippen molar-refractivity contribution in [3.05, 3.63) is 146 Å². The maximum absolute atomic E-state index is 12.8. The highest BCUT2D eigenvalue weighted by Crippen LogP contribution is 2.38. The average molecular weight is 1050 g/mol. The van der Waals surface area contributed by atoms with Crippen LogP contribution in [0, 0.1) is 0 Å². The van der Waals surface area contributed by atoms with Gasteiger partial charge in [-0.15, -0.1) is 0 Å². The van der Waals surface area contributed by atoms with Crippen molar-refractivity contribution in [1.82, 2.24) is 0 Å². The van der Waals surface area contributed by atoms with E-state index in [1.807, 2.05) is 21.1 Å². The number of phosphoric acid groups is 1. The molecule has 0 aromatic rings.